The minimum Gasteiger partial charge on any atom is -0.237 e. The van der Waals surface area contributed by atoms with E-state index in [4.69, 9.17) is 0 Å². The van der Waals surface area contributed by atoms with Crippen molar-refractivity contribution in [2.45, 2.75) is 26.4 Å². The van der Waals surface area contributed by atoms with Gasteiger partial charge in [-0.1, -0.05) is 19.1 Å². The summed E-state index contributed by atoms with van der Waals surface area (Å²) in [6.45, 7) is 3.66. The fourth-order valence-corrected chi connectivity index (χ4v) is 1.91. The first-order valence-electron chi connectivity index (χ1n) is 5.65. The maximum atomic E-state index is 12.9. The molecule has 1 aromatic heterocycles. The van der Waals surface area contributed by atoms with Gasteiger partial charge in [0, 0.05) is 5.69 Å². The van der Waals surface area contributed by atoms with Crippen LogP contribution in [0.1, 0.15) is 23.9 Å². The first-order chi connectivity index (χ1) is 8.43. The van der Waals surface area contributed by atoms with Gasteiger partial charge < -0.3 is 0 Å². The molecule has 2 nitrogen and oxygen atoms in total. The molecular formula is C13H13F3N2. The van der Waals surface area contributed by atoms with Gasteiger partial charge in [0.05, 0.1) is 16.9 Å². The summed E-state index contributed by atoms with van der Waals surface area (Å²) in [7, 11) is 0. The molecule has 0 N–H and O–H groups in total. The standard InChI is InChI=1S/C13H13F3N2/c1-3-10-8-9(2)17-18(10)12-7-5-4-6-11(12)13(14,15)16/h4-8H,3H2,1-2H3. The summed E-state index contributed by atoms with van der Waals surface area (Å²) in [5.41, 5.74) is 0.894. The maximum Gasteiger partial charge on any atom is 0.418 e. The van der Waals surface area contributed by atoms with Crippen molar-refractivity contribution in [3.63, 3.8) is 0 Å². The molecule has 2 rings (SSSR count). The summed E-state index contributed by atoms with van der Waals surface area (Å²) >= 11 is 0. The van der Waals surface area contributed by atoms with E-state index in [9.17, 15) is 13.2 Å². The molecule has 0 saturated carbocycles. The van der Waals surface area contributed by atoms with Crippen molar-refractivity contribution >= 4 is 0 Å². The van der Waals surface area contributed by atoms with Gasteiger partial charge >= 0.3 is 6.18 Å². The normalized spacial score (nSPS) is 11.8. The van der Waals surface area contributed by atoms with Gasteiger partial charge in [0.15, 0.2) is 0 Å². The van der Waals surface area contributed by atoms with Crippen LogP contribution >= 0.6 is 0 Å². The minimum absolute atomic E-state index is 0.0787. The summed E-state index contributed by atoms with van der Waals surface area (Å²) in [4.78, 5) is 0. The monoisotopic (exact) mass is 254 g/mol. The molecule has 0 atom stereocenters. The molecule has 0 aliphatic rings. The molecule has 0 radical (unpaired) electrons. The van der Waals surface area contributed by atoms with Crippen molar-refractivity contribution < 1.29 is 13.2 Å². The predicted molar refractivity (Wildman–Crippen MR) is 62.7 cm³/mol. The second-order valence-electron chi connectivity index (χ2n) is 4.06. The molecule has 0 unspecified atom stereocenters. The Kier molecular flexibility index (Phi) is 3.15. The molecule has 0 aliphatic carbocycles. The predicted octanol–water partition coefficient (Wildman–Crippen LogP) is 3.76. The number of para-hydroxylation sites is 1. The third-order valence-electron chi connectivity index (χ3n) is 2.71. The number of hydrogen-bond donors (Lipinski definition) is 0. The summed E-state index contributed by atoms with van der Waals surface area (Å²) < 4.78 is 40.2. The molecular weight excluding hydrogens is 241 g/mol. The number of aromatic nitrogens is 2. The molecule has 0 aliphatic heterocycles. The van der Waals surface area contributed by atoms with Gasteiger partial charge in [-0.3, -0.25) is 0 Å². The van der Waals surface area contributed by atoms with E-state index in [1.54, 1.807) is 19.1 Å². The van der Waals surface area contributed by atoms with Gasteiger partial charge in [-0.25, -0.2) is 4.68 Å². The summed E-state index contributed by atoms with van der Waals surface area (Å²) in [6, 6.07) is 7.28. The zero-order valence-electron chi connectivity index (χ0n) is 10.1. The number of aryl methyl sites for hydroxylation is 2. The smallest absolute Gasteiger partial charge is 0.237 e. The SMILES string of the molecule is CCc1cc(C)nn1-c1ccccc1C(F)(F)F. The van der Waals surface area contributed by atoms with Crippen LogP contribution in [0.15, 0.2) is 30.3 Å². The Labute approximate surface area is 103 Å². The fraction of sp³-hybridized carbons (Fsp3) is 0.308. The highest BCUT2D eigenvalue weighted by Gasteiger charge is 2.34. The second kappa shape index (κ2) is 4.48. The highest BCUT2D eigenvalue weighted by molar-refractivity contribution is 5.43. The Balaban J connectivity index is 2.64. The summed E-state index contributed by atoms with van der Waals surface area (Å²) in [6.07, 6.45) is -3.74. The van der Waals surface area contributed by atoms with E-state index in [0.717, 1.165) is 11.8 Å². The van der Waals surface area contributed by atoms with Crippen LogP contribution in [0.5, 0.6) is 0 Å². The minimum atomic E-state index is -4.37. The van der Waals surface area contributed by atoms with Crippen LogP contribution in [-0.2, 0) is 12.6 Å². The van der Waals surface area contributed by atoms with E-state index in [1.165, 1.54) is 16.8 Å². The molecule has 0 saturated heterocycles. The lowest BCUT2D eigenvalue weighted by molar-refractivity contribution is -0.137. The Morgan fingerprint density at radius 3 is 2.50 bits per heavy atom. The van der Waals surface area contributed by atoms with Gasteiger partial charge in [0.25, 0.3) is 0 Å². The number of halogens is 3. The molecule has 0 spiro atoms. The van der Waals surface area contributed by atoms with Gasteiger partial charge in [-0.2, -0.15) is 18.3 Å². The fourth-order valence-electron chi connectivity index (χ4n) is 1.91. The van der Waals surface area contributed by atoms with Crippen LogP contribution in [0, 0.1) is 6.92 Å². The topological polar surface area (TPSA) is 17.8 Å². The van der Waals surface area contributed by atoms with Gasteiger partial charge in [-0.05, 0) is 31.5 Å². The van der Waals surface area contributed by atoms with Crippen molar-refractivity contribution in [1.82, 2.24) is 9.78 Å². The summed E-state index contributed by atoms with van der Waals surface area (Å²) in [5, 5.41) is 4.14. The Morgan fingerprint density at radius 2 is 1.89 bits per heavy atom. The second-order valence-corrected chi connectivity index (χ2v) is 4.06. The van der Waals surface area contributed by atoms with Crippen molar-refractivity contribution in [2.75, 3.05) is 0 Å². The van der Waals surface area contributed by atoms with E-state index in [2.05, 4.69) is 5.10 Å². The number of nitrogens with zero attached hydrogens (tertiary/aromatic N) is 2. The van der Waals surface area contributed by atoms with Gasteiger partial charge in [-0.15, -0.1) is 0 Å². The molecule has 1 heterocycles. The molecule has 1 aromatic carbocycles. The average molecular weight is 254 g/mol. The number of alkyl halides is 3. The Morgan fingerprint density at radius 1 is 1.22 bits per heavy atom. The Hall–Kier alpha value is -1.78. The number of benzene rings is 1. The molecule has 5 heteroatoms. The molecule has 18 heavy (non-hydrogen) atoms. The molecule has 96 valence electrons. The van der Waals surface area contributed by atoms with E-state index in [0.29, 0.717) is 12.1 Å². The van der Waals surface area contributed by atoms with Gasteiger partial charge in [0.1, 0.15) is 0 Å². The number of hydrogen-bond acceptors (Lipinski definition) is 1. The number of rotatable bonds is 2. The summed E-state index contributed by atoms with van der Waals surface area (Å²) in [5.74, 6) is 0. The van der Waals surface area contributed by atoms with Gasteiger partial charge in [0.2, 0.25) is 0 Å². The quantitative estimate of drug-likeness (QED) is 0.797. The molecule has 2 aromatic rings. The van der Waals surface area contributed by atoms with Crippen LogP contribution in [-0.4, -0.2) is 9.78 Å². The van der Waals surface area contributed by atoms with Crippen LogP contribution in [0.25, 0.3) is 5.69 Å². The lowest BCUT2D eigenvalue weighted by Crippen LogP contribution is -2.12. The Bertz CT molecular complexity index is 556. The third kappa shape index (κ3) is 2.25. The lowest BCUT2D eigenvalue weighted by atomic mass is 10.1. The van der Waals surface area contributed by atoms with Crippen LogP contribution < -0.4 is 0 Å². The van der Waals surface area contributed by atoms with Crippen molar-refractivity contribution in [2.24, 2.45) is 0 Å². The van der Waals surface area contributed by atoms with Crippen LogP contribution in [0.2, 0.25) is 0 Å². The highest BCUT2D eigenvalue weighted by atomic mass is 19.4. The van der Waals surface area contributed by atoms with Crippen LogP contribution in [0.3, 0.4) is 0 Å². The highest BCUT2D eigenvalue weighted by Crippen LogP contribution is 2.34. The zero-order chi connectivity index (χ0) is 13.3. The maximum absolute atomic E-state index is 12.9. The van der Waals surface area contributed by atoms with E-state index in [1.807, 2.05) is 6.92 Å². The molecule has 0 fully saturated rings. The van der Waals surface area contributed by atoms with E-state index >= 15 is 0 Å². The van der Waals surface area contributed by atoms with Crippen molar-refractivity contribution in [3.8, 4) is 5.69 Å². The van der Waals surface area contributed by atoms with Crippen LogP contribution in [0.4, 0.5) is 13.2 Å². The first-order valence-corrected chi connectivity index (χ1v) is 5.65. The zero-order valence-corrected chi connectivity index (χ0v) is 10.1. The van der Waals surface area contributed by atoms with E-state index in [-0.39, 0.29) is 5.69 Å². The average Bonchev–Trinajstić information content (AvgIpc) is 2.69. The van der Waals surface area contributed by atoms with Crippen molar-refractivity contribution in [1.29, 1.82) is 0 Å². The third-order valence-corrected chi connectivity index (χ3v) is 2.71. The molecule has 0 bridgehead atoms. The van der Waals surface area contributed by atoms with Crippen molar-refractivity contribution in [3.05, 3.63) is 47.3 Å². The lowest BCUT2D eigenvalue weighted by Gasteiger charge is -2.14. The van der Waals surface area contributed by atoms with E-state index < -0.39 is 11.7 Å². The molecule has 0 amide bonds. The largest absolute Gasteiger partial charge is 0.418 e. The first kappa shape index (κ1) is 12.7.